The van der Waals surface area contributed by atoms with E-state index in [1.807, 2.05) is 50.2 Å². The summed E-state index contributed by atoms with van der Waals surface area (Å²) in [5.74, 6) is -0.00629. The number of pyridine rings is 1. The quantitative estimate of drug-likeness (QED) is 0.521. The van der Waals surface area contributed by atoms with Crippen molar-refractivity contribution in [1.29, 1.82) is 0 Å². The Morgan fingerprint density at radius 1 is 1.19 bits per heavy atom. The highest BCUT2D eigenvalue weighted by molar-refractivity contribution is 5.92. The third-order valence-corrected chi connectivity index (χ3v) is 5.95. The van der Waals surface area contributed by atoms with Crippen LogP contribution in [0.4, 0.5) is 0 Å². The number of aromatic carboxylic acids is 1. The van der Waals surface area contributed by atoms with Gasteiger partial charge in [-0.25, -0.2) is 4.79 Å². The first-order valence-corrected chi connectivity index (χ1v) is 10.9. The lowest BCUT2D eigenvalue weighted by Gasteiger charge is -2.27. The molecule has 1 aliphatic rings. The smallest absolute Gasteiger partial charge is 0.336 e. The van der Waals surface area contributed by atoms with Gasteiger partial charge in [0.25, 0.3) is 0 Å². The van der Waals surface area contributed by atoms with Gasteiger partial charge < -0.3 is 20.3 Å². The molecule has 0 fully saturated rings. The van der Waals surface area contributed by atoms with E-state index in [1.165, 1.54) is 0 Å². The second-order valence-corrected chi connectivity index (χ2v) is 8.35. The summed E-state index contributed by atoms with van der Waals surface area (Å²) in [6.45, 7) is 4.78. The molecule has 32 heavy (non-hydrogen) atoms. The Morgan fingerprint density at radius 3 is 2.66 bits per heavy atom. The average molecular weight is 433 g/mol. The van der Waals surface area contributed by atoms with Crippen LogP contribution in [-0.2, 0) is 6.42 Å². The largest absolute Gasteiger partial charge is 0.489 e. The van der Waals surface area contributed by atoms with Gasteiger partial charge in [0.1, 0.15) is 11.9 Å². The lowest BCUT2D eigenvalue weighted by atomic mass is 9.93. The fourth-order valence-electron chi connectivity index (χ4n) is 4.31. The number of hydrogen-bond donors (Lipinski definition) is 3. The highest BCUT2D eigenvalue weighted by atomic mass is 16.5. The van der Waals surface area contributed by atoms with Crippen molar-refractivity contribution in [1.82, 2.24) is 10.3 Å². The number of aliphatic hydroxyl groups is 1. The number of benzene rings is 2. The molecule has 2 aromatic carbocycles. The number of carbonyl (C=O) groups is 1. The first-order valence-electron chi connectivity index (χ1n) is 10.9. The molecular formula is C26H28N2O4. The van der Waals surface area contributed by atoms with E-state index in [2.05, 4.69) is 16.4 Å². The maximum atomic E-state index is 11.5. The van der Waals surface area contributed by atoms with Gasteiger partial charge in [-0.3, -0.25) is 4.98 Å². The monoisotopic (exact) mass is 432 g/mol. The predicted octanol–water partition coefficient (Wildman–Crippen LogP) is 4.08. The van der Waals surface area contributed by atoms with Gasteiger partial charge in [0.05, 0.1) is 11.7 Å². The van der Waals surface area contributed by atoms with E-state index in [0.717, 1.165) is 52.0 Å². The van der Waals surface area contributed by atoms with Gasteiger partial charge in [-0.05, 0) is 72.7 Å². The average Bonchev–Trinajstić information content (AvgIpc) is 2.78. The maximum absolute atomic E-state index is 11.5. The number of nitrogens with zero attached hydrogens (tertiary/aromatic N) is 1. The van der Waals surface area contributed by atoms with Gasteiger partial charge >= 0.3 is 5.97 Å². The number of rotatable bonds is 7. The van der Waals surface area contributed by atoms with Crippen LogP contribution < -0.4 is 10.1 Å². The van der Waals surface area contributed by atoms with E-state index in [-0.39, 0.29) is 6.10 Å². The molecule has 2 atom stereocenters. The molecule has 0 unspecified atom stereocenters. The number of carboxylic acid groups (broad SMARTS) is 1. The normalized spacial score (nSPS) is 16.2. The molecule has 3 aromatic rings. The molecule has 2 heterocycles. The van der Waals surface area contributed by atoms with Crippen LogP contribution in [-0.4, -0.2) is 40.4 Å². The molecule has 166 valence electrons. The van der Waals surface area contributed by atoms with Crippen LogP contribution in [0.1, 0.15) is 45.1 Å². The molecule has 1 aromatic heterocycles. The number of nitrogens with one attached hydrogen (secondary N) is 1. The van der Waals surface area contributed by atoms with Gasteiger partial charge in [0.2, 0.25) is 0 Å². The van der Waals surface area contributed by atoms with E-state index in [0.29, 0.717) is 18.7 Å². The van der Waals surface area contributed by atoms with E-state index in [4.69, 9.17) is 4.74 Å². The van der Waals surface area contributed by atoms with Crippen LogP contribution >= 0.6 is 0 Å². The molecule has 4 rings (SSSR count). The molecular weight excluding hydrogens is 404 g/mol. The van der Waals surface area contributed by atoms with E-state index in [1.54, 1.807) is 12.4 Å². The van der Waals surface area contributed by atoms with Crippen molar-refractivity contribution in [3.05, 3.63) is 82.7 Å². The fourth-order valence-corrected chi connectivity index (χ4v) is 4.31. The summed E-state index contributed by atoms with van der Waals surface area (Å²) in [6.07, 6.45) is 4.62. The van der Waals surface area contributed by atoms with Crippen molar-refractivity contribution in [2.45, 2.75) is 38.9 Å². The van der Waals surface area contributed by atoms with Crippen molar-refractivity contribution >= 4 is 5.97 Å². The van der Waals surface area contributed by atoms with Gasteiger partial charge in [-0.2, -0.15) is 0 Å². The second-order valence-electron chi connectivity index (χ2n) is 8.35. The number of fused-ring (bicyclic) bond motifs is 1. The molecule has 0 radical (unpaired) electrons. The summed E-state index contributed by atoms with van der Waals surface area (Å²) in [7, 11) is 0. The standard InChI is InChI=1S/C26H28N2O4/c1-16-10-21(11-17(2)25(16)26(30)31)18-6-8-24-19(12-18)5-7-22(32-24)14-28-15-23(29)20-4-3-9-27-13-20/h3-4,6,8-13,22-23,28-29H,5,7,14-15H2,1-2H3,(H,30,31)/t22-,23-/m1/s1. The third kappa shape index (κ3) is 4.82. The van der Waals surface area contributed by atoms with Crippen LogP contribution in [0.15, 0.2) is 54.9 Å². The van der Waals surface area contributed by atoms with Crippen LogP contribution in [0.3, 0.4) is 0 Å². The molecule has 0 spiro atoms. The first-order chi connectivity index (χ1) is 15.4. The lowest BCUT2D eigenvalue weighted by Crippen LogP contribution is -2.36. The summed E-state index contributed by atoms with van der Waals surface area (Å²) in [4.78, 5) is 15.5. The number of carboxylic acids is 1. The van der Waals surface area contributed by atoms with Gasteiger partial charge in [-0.1, -0.05) is 24.3 Å². The SMILES string of the molecule is Cc1cc(-c2ccc3c(c2)CC[C@H](CNC[C@@H](O)c2cccnc2)O3)cc(C)c1C(=O)O. The van der Waals surface area contributed by atoms with Crippen LogP contribution in [0.25, 0.3) is 11.1 Å². The van der Waals surface area contributed by atoms with Crippen LogP contribution in [0, 0.1) is 13.8 Å². The number of hydrogen-bond acceptors (Lipinski definition) is 5. The number of aromatic nitrogens is 1. The first kappa shape index (κ1) is 22.0. The molecule has 0 amide bonds. The van der Waals surface area contributed by atoms with Crippen LogP contribution in [0.2, 0.25) is 0 Å². The van der Waals surface area contributed by atoms with E-state index >= 15 is 0 Å². The van der Waals surface area contributed by atoms with Gasteiger partial charge in [-0.15, -0.1) is 0 Å². The Kier molecular flexibility index (Phi) is 6.53. The number of aliphatic hydroxyl groups excluding tert-OH is 1. The summed E-state index contributed by atoms with van der Waals surface area (Å²) >= 11 is 0. The Labute approximate surface area is 187 Å². The molecule has 6 nitrogen and oxygen atoms in total. The molecule has 0 saturated carbocycles. The minimum atomic E-state index is -0.891. The highest BCUT2D eigenvalue weighted by Crippen LogP contribution is 2.33. The maximum Gasteiger partial charge on any atom is 0.336 e. The zero-order chi connectivity index (χ0) is 22.7. The molecule has 0 saturated heterocycles. The Morgan fingerprint density at radius 2 is 1.97 bits per heavy atom. The van der Waals surface area contributed by atoms with Gasteiger partial charge in [0.15, 0.2) is 0 Å². The summed E-state index contributed by atoms with van der Waals surface area (Å²) in [5, 5.41) is 23.0. The Bertz CT molecular complexity index is 1090. The van der Waals surface area contributed by atoms with Crippen molar-refractivity contribution in [2.75, 3.05) is 13.1 Å². The molecule has 3 N–H and O–H groups in total. The number of aryl methyl sites for hydroxylation is 3. The van der Waals surface area contributed by atoms with Crippen molar-refractivity contribution in [3.8, 4) is 16.9 Å². The van der Waals surface area contributed by atoms with E-state index < -0.39 is 12.1 Å². The molecule has 0 aliphatic carbocycles. The van der Waals surface area contributed by atoms with Crippen molar-refractivity contribution in [3.63, 3.8) is 0 Å². The minimum absolute atomic E-state index is 0.0498. The Hall–Kier alpha value is -3.22. The second kappa shape index (κ2) is 9.51. The third-order valence-electron chi connectivity index (χ3n) is 5.95. The predicted molar refractivity (Wildman–Crippen MR) is 123 cm³/mol. The topological polar surface area (TPSA) is 91.7 Å². The molecule has 0 bridgehead atoms. The molecule has 6 heteroatoms. The van der Waals surface area contributed by atoms with E-state index in [9.17, 15) is 15.0 Å². The van der Waals surface area contributed by atoms with Gasteiger partial charge in [0, 0.05) is 31.0 Å². The zero-order valence-electron chi connectivity index (χ0n) is 18.3. The van der Waals surface area contributed by atoms with Crippen molar-refractivity contribution in [2.24, 2.45) is 0 Å². The lowest BCUT2D eigenvalue weighted by molar-refractivity contribution is 0.0695. The number of ether oxygens (including phenoxy) is 1. The zero-order valence-corrected chi connectivity index (χ0v) is 18.3. The summed E-state index contributed by atoms with van der Waals surface area (Å²) in [6, 6.07) is 13.7. The molecule has 1 aliphatic heterocycles. The highest BCUT2D eigenvalue weighted by Gasteiger charge is 2.21. The van der Waals surface area contributed by atoms with Crippen LogP contribution in [0.5, 0.6) is 5.75 Å². The Balaban J connectivity index is 1.39. The summed E-state index contributed by atoms with van der Waals surface area (Å²) in [5.41, 5.74) is 5.94. The van der Waals surface area contributed by atoms with Crippen molar-refractivity contribution < 1.29 is 19.7 Å². The fraction of sp³-hybridized carbons (Fsp3) is 0.308. The minimum Gasteiger partial charge on any atom is -0.489 e. The summed E-state index contributed by atoms with van der Waals surface area (Å²) < 4.78 is 6.17.